The van der Waals surface area contributed by atoms with E-state index < -0.39 is 0 Å². The number of hydrogen-bond donors (Lipinski definition) is 1. The molecule has 2 aromatic rings. The van der Waals surface area contributed by atoms with Crippen LogP contribution in [0, 0.1) is 0 Å². The first-order valence-corrected chi connectivity index (χ1v) is 8.04. The zero-order chi connectivity index (χ0) is 15.3. The zero-order valence-corrected chi connectivity index (χ0v) is 13.2. The number of hydrogen-bond acceptors (Lipinski definition) is 2. The standard InChI is InChI=1S/C17H14Cl2N2O/c18-12-5-3-6-13(19)15(12)16-20-14-7-2-1-4-11(14)17(22)21(16)10-8-9-10/h1-7,10,16,20H,8-9H2/t16-/m1/s1. The van der Waals surface area contributed by atoms with E-state index in [0.717, 1.165) is 24.1 Å². The summed E-state index contributed by atoms with van der Waals surface area (Å²) in [5.41, 5.74) is 2.29. The summed E-state index contributed by atoms with van der Waals surface area (Å²) < 4.78 is 0. The van der Waals surface area contributed by atoms with Crippen molar-refractivity contribution in [3.8, 4) is 0 Å². The van der Waals surface area contributed by atoms with E-state index in [9.17, 15) is 4.79 Å². The molecule has 1 N–H and O–H groups in total. The van der Waals surface area contributed by atoms with Crippen molar-refractivity contribution in [2.75, 3.05) is 5.32 Å². The molecule has 0 spiro atoms. The number of fused-ring (bicyclic) bond motifs is 1. The molecular formula is C17H14Cl2N2O. The van der Waals surface area contributed by atoms with Crippen molar-refractivity contribution in [1.82, 2.24) is 4.90 Å². The molecule has 1 atom stereocenters. The lowest BCUT2D eigenvalue weighted by atomic mass is 10.0. The van der Waals surface area contributed by atoms with E-state index >= 15 is 0 Å². The van der Waals surface area contributed by atoms with Gasteiger partial charge >= 0.3 is 0 Å². The predicted molar refractivity (Wildman–Crippen MR) is 88.5 cm³/mol. The van der Waals surface area contributed by atoms with Crippen LogP contribution >= 0.6 is 23.2 Å². The number of anilines is 1. The number of para-hydroxylation sites is 1. The van der Waals surface area contributed by atoms with Crippen molar-refractivity contribution in [2.24, 2.45) is 0 Å². The molecule has 4 rings (SSSR count). The van der Waals surface area contributed by atoms with Crippen LogP contribution in [0.1, 0.15) is 34.9 Å². The molecule has 0 aromatic heterocycles. The highest BCUT2D eigenvalue weighted by atomic mass is 35.5. The van der Waals surface area contributed by atoms with E-state index in [2.05, 4.69) is 5.32 Å². The van der Waals surface area contributed by atoms with Gasteiger partial charge in [0.25, 0.3) is 5.91 Å². The second-order valence-corrected chi connectivity index (χ2v) is 6.49. The molecule has 1 heterocycles. The molecule has 0 radical (unpaired) electrons. The maximum Gasteiger partial charge on any atom is 0.258 e. The number of nitrogens with one attached hydrogen (secondary N) is 1. The summed E-state index contributed by atoms with van der Waals surface area (Å²) >= 11 is 12.7. The largest absolute Gasteiger partial charge is 0.361 e. The Bertz CT molecular complexity index is 738. The average Bonchev–Trinajstić information content (AvgIpc) is 3.32. The second-order valence-electron chi connectivity index (χ2n) is 5.67. The molecule has 0 saturated heterocycles. The van der Waals surface area contributed by atoms with E-state index in [0.29, 0.717) is 15.6 Å². The van der Waals surface area contributed by atoms with Crippen molar-refractivity contribution in [3.63, 3.8) is 0 Å². The number of carbonyl (C=O) groups excluding carboxylic acids is 1. The minimum absolute atomic E-state index is 0.0397. The Balaban J connectivity index is 1.86. The van der Waals surface area contributed by atoms with Gasteiger partial charge in [0.05, 0.1) is 5.56 Å². The molecule has 5 heteroatoms. The summed E-state index contributed by atoms with van der Waals surface area (Å²) in [5, 5.41) is 4.58. The molecule has 1 aliphatic heterocycles. The summed E-state index contributed by atoms with van der Waals surface area (Å²) in [6.07, 6.45) is 1.72. The van der Waals surface area contributed by atoms with E-state index in [1.807, 2.05) is 35.2 Å². The quantitative estimate of drug-likeness (QED) is 0.862. The first kappa shape index (κ1) is 13.9. The molecule has 1 fully saturated rings. The smallest absolute Gasteiger partial charge is 0.258 e. The Hall–Kier alpha value is -1.71. The summed E-state index contributed by atoms with van der Waals surface area (Å²) in [6.45, 7) is 0. The van der Waals surface area contributed by atoms with Crippen molar-refractivity contribution in [1.29, 1.82) is 0 Å². The fraction of sp³-hybridized carbons (Fsp3) is 0.235. The third-order valence-corrected chi connectivity index (χ3v) is 4.83. The normalized spacial score (nSPS) is 20.5. The number of benzene rings is 2. The predicted octanol–water partition coefficient (Wildman–Crippen LogP) is 4.72. The van der Waals surface area contributed by atoms with Crippen molar-refractivity contribution in [3.05, 3.63) is 63.6 Å². The number of carbonyl (C=O) groups is 1. The van der Waals surface area contributed by atoms with Gasteiger partial charge in [0.1, 0.15) is 6.17 Å². The van der Waals surface area contributed by atoms with Gasteiger partial charge in [-0.25, -0.2) is 0 Å². The zero-order valence-electron chi connectivity index (χ0n) is 11.7. The van der Waals surface area contributed by atoms with Crippen LogP contribution in [0.5, 0.6) is 0 Å². The minimum atomic E-state index is -0.323. The molecule has 2 aromatic carbocycles. The molecule has 0 unspecified atom stereocenters. The second kappa shape index (κ2) is 5.18. The van der Waals surface area contributed by atoms with Gasteiger partial charge in [-0.15, -0.1) is 0 Å². The summed E-state index contributed by atoms with van der Waals surface area (Å²) in [6, 6.07) is 13.2. The Morgan fingerprint density at radius 1 is 1.00 bits per heavy atom. The lowest BCUT2D eigenvalue weighted by Gasteiger charge is -2.39. The third-order valence-electron chi connectivity index (χ3n) is 4.18. The van der Waals surface area contributed by atoms with Crippen molar-refractivity contribution < 1.29 is 4.79 Å². The highest BCUT2D eigenvalue weighted by molar-refractivity contribution is 6.36. The number of halogens is 2. The van der Waals surface area contributed by atoms with Gasteiger partial charge in [0, 0.05) is 27.3 Å². The van der Waals surface area contributed by atoms with Crippen LogP contribution in [0.2, 0.25) is 10.0 Å². The Morgan fingerprint density at radius 2 is 1.68 bits per heavy atom. The highest BCUT2D eigenvalue weighted by Crippen LogP contribution is 2.44. The van der Waals surface area contributed by atoms with Crippen LogP contribution in [0.15, 0.2) is 42.5 Å². The first-order valence-electron chi connectivity index (χ1n) is 7.29. The summed E-state index contributed by atoms with van der Waals surface area (Å²) in [7, 11) is 0. The molecule has 3 nitrogen and oxygen atoms in total. The molecule has 1 aliphatic carbocycles. The third kappa shape index (κ3) is 2.16. The van der Waals surface area contributed by atoms with E-state index in [1.54, 1.807) is 12.1 Å². The fourth-order valence-electron chi connectivity index (χ4n) is 2.98. The Labute approximate surface area is 138 Å². The van der Waals surface area contributed by atoms with Crippen molar-refractivity contribution in [2.45, 2.75) is 25.0 Å². The molecule has 2 aliphatic rings. The van der Waals surface area contributed by atoms with Crippen LogP contribution in [0.25, 0.3) is 0 Å². The number of rotatable bonds is 2. The number of nitrogens with zero attached hydrogens (tertiary/aromatic N) is 1. The fourth-order valence-corrected chi connectivity index (χ4v) is 3.59. The average molecular weight is 333 g/mol. The molecule has 0 bridgehead atoms. The lowest BCUT2D eigenvalue weighted by molar-refractivity contribution is 0.0666. The van der Waals surface area contributed by atoms with E-state index in [4.69, 9.17) is 23.2 Å². The van der Waals surface area contributed by atoms with Crippen LogP contribution in [0.3, 0.4) is 0 Å². The van der Waals surface area contributed by atoms with Crippen LogP contribution in [-0.4, -0.2) is 16.8 Å². The molecular weight excluding hydrogens is 319 g/mol. The SMILES string of the molecule is O=C1c2ccccc2N[C@@H](c2c(Cl)cccc2Cl)N1C1CC1. The van der Waals surface area contributed by atoms with Crippen molar-refractivity contribution >= 4 is 34.8 Å². The monoisotopic (exact) mass is 332 g/mol. The maximum atomic E-state index is 12.9. The topological polar surface area (TPSA) is 32.3 Å². The van der Waals surface area contributed by atoms with Crippen LogP contribution < -0.4 is 5.32 Å². The molecule has 1 amide bonds. The minimum Gasteiger partial charge on any atom is -0.361 e. The van der Waals surface area contributed by atoms with Gasteiger partial charge in [-0.2, -0.15) is 0 Å². The van der Waals surface area contributed by atoms with E-state index in [-0.39, 0.29) is 18.1 Å². The van der Waals surface area contributed by atoms with Gasteiger partial charge in [-0.3, -0.25) is 4.79 Å². The Kier molecular flexibility index (Phi) is 3.28. The van der Waals surface area contributed by atoms with Gasteiger partial charge in [0.15, 0.2) is 0 Å². The number of amides is 1. The maximum absolute atomic E-state index is 12.9. The van der Waals surface area contributed by atoms with Crippen LogP contribution in [-0.2, 0) is 0 Å². The molecule has 112 valence electrons. The van der Waals surface area contributed by atoms with Gasteiger partial charge in [-0.1, -0.05) is 41.4 Å². The van der Waals surface area contributed by atoms with Gasteiger partial charge in [-0.05, 0) is 37.1 Å². The van der Waals surface area contributed by atoms with E-state index in [1.165, 1.54) is 0 Å². The summed E-state index contributed by atoms with van der Waals surface area (Å²) in [5.74, 6) is 0.0397. The van der Waals surface area contributed by atoms with Gasteiger partial charge < -0.3 is 10.2 Å². The summed E-state index contributed by atoms with van der Waals surface area (Å²) in [4.78, 5) is 14.8. The van der Waals surface area contributed by atoms with Gasteiger partial charge in [0.2, 0.25) is 0 Å². The lowest BCUT2D eigenvalue weighted by Crippen LogP contribution is -2.44. The highest BCUT2D eigenvalue weighted by Gasteiger charge is 2.43. The van der Waals surface area contributed by atoms with Crippen LogP contribution in [0.4, 0.5) is 5.69 Å². The molecule has 1 saturated carbocycles. The molecule has 22 heavy (non-hydrogen) atoms. The Morgan fingerprint density at radius 3 is 2.36 bits per heavy atom. The first-order chi connectivity index (χ1) is 10.7.